The number of aromatic nitrogens is 1. The molecule has 0 bridgehead atoms. The summed E-state index contributed by atoms with van der Waals surface area (Å²) < 4.78 is 1.22. The summed E-state index contributed by atoms with van der Waals surface area (Å²) in [7, 11) is 0. The molecular weight excluding hydrogens is 253 g/mol. The summed E-state index contributed by atoms with van der Waals surface area (Å²) >= 11 is 0.395. The number of carbonyl (C=O) groups excluding carboxylic acids is 1. The maximum absolute atomic E-state index is 11.6. The van der Waals surface area contributed by atoms with Crippen molar-refractivity contribution in [1.82, 2.24) is 4.98 Å². The van der Waals surface area contributed by atoms with Gasteiger partial charge in [0.1, 0.15) is 0 Å². The van der Waals surface area contributed by atoms with Gasteiger partial charge in [-0.15, -0.1) is 0 Å². The van der Waals surface area contributed by atoms with Gasteiger partial charge in [-0.25, -0.2) is 0 Å². The second-order valence-corrected chi connectivity index (χ2v) is 5.01. The molecule has 0 atom stereocenters. The fourth-order valence-electron chi connectivity index (χ4n) is 1.15. The Kier molecular flexibility index (Phi) is 3.28. The molecule has 0 radical (unpaired) electrons. The first-order valence-corrected chi connectivity index (χ1v) is 6.37. The third kappa shape index (κ3) is 2.75. The monoisotopic (exact) mass is 263 g/mol. The standard InChI is InChI=1S/C12H9NOSe/c14-12(10-3-1-7-13-9-10)6-5-11-4-2-8-15-11/h1-9H. The van der Waals surface area contributed by atoms with E-state index in [4.69, 9.17) is 0 Å². The van der Waals surface area contributed by atoms with Gasteiger partial charge in [0.2, 0.25) is 0 Å². The molecule has 0 aromatic carbocycles. The molecule has 15 heavy (non-hydrogen) atoms. The molecule has 0 unspecified atom stereocenters. The fourth-order valence-corrected chi connectivity index (χ4v) is 2.45. The molecule has 0 fully saturated rings. The van der Waals surface area contributed by atoms with Crippen molar-refractivity contribution in [2.75, 3.05) is 0 Å². The second kappa shape index (κ2) is 4.87. The summed E-state index contributed by atoms with van der Waals surface area (Å²) in [5.41, 5.74) is 0.632. The summed E-state index contributed by atoms with van der Waals surface area (Å²) in [6.07, 6.45) is 6.74. The average Bonchev–Trinajstić information content (AvgIpc) is 2.80. The molecule has 74 valence electrons. The summed E-state index contributed by atoms with van der Waals surface area (Å²) in [4.78, 5) is 17.7. The summed E-state index contributed by atoms with van der Waals surface area (Å²) in [6.45, 7) is 0. The van der Waals surface area contributed by atoms with Gasteiger partial charge >= 0.3 is 93.8 Å². The molecule has 2 nitrogen and oxygen atoms in total. The Morgan fingerprint density at radius 2 is 2.27 bits per heavy atom. The number of carbonyl (C=O) groups is 1. The Morgan fingerprint density at radius 1 is 1.33 bits per heavy atom. The minimum atomic E-state index is 0.00620. The van der Waals surface area contributed by atoms with Crippen molar-refractivity contribution in [3.8, 4) is 0 Å². The van der Waals surface area contributed by atoms with Gasteiger partial charge in [-0.05, 0) is 0 Å². The summed E-state index contributed by atoms with van der Waals surface area (Å²) in [6, 6.07) is 7.59. The van der Waals surface area contributed by atoms with Gasteiger partial charge in [0.25, 0.3) is 0 Å². The third-order valence-corrected chi connectivity index (χ3v) is 3.65. The molecule has 0 N–H and O–H groups in total. The van der Waals surface area contributed by atoms with Gasteiger partial charge in [0.15, 0.2) is 0 Å². The van der Waals surface area contributed by atoms with Crippen molar-refractivity contribution in [3.05, 3.63) is 57.7 Å². The normalized spacial score (nSPS) is 10.7. The predicted octanol–water partition coefficient (Wildman–Crippen LogP) is 2.03. The van der Waals surface area contributed by atoms with Gasteiger partial charge < -0.3 is 0 Å². The van der Waals surface area contributed by atoms with Crippen molar-refractivity contribution in [1.29, 1.82) is 0 Å². The van der Waals surface area contributed by atoms with Crippen LogP contribution in [0.5, 0.6) is 0 Å². The van der Waals surface area contributed by atoms with Crippen LogP contribution in [0.1, 0.15) is 14.8 Å². The van der Waals surface area contributed by atoms with E-state index in [2.05, 4.69) is 9.92 Å². The van der Waals surface area contributed by atoms with Gasteiger partial charge in [-0.3, -0.25) is 0 Å². The molecule has 2 heterocycles. The first-order valence-electron chi connectivity index (χ1n) is 4.52. The van der Waals surface area contributed by atoms with E-state index in [0.717, 1.165) is 0 Å². The van der Waals surface area contributed by atoms with Crippen LogP contribution in [0.3, 0.4) is 0 Å². The van der Waals surface area contributed by atoms with Crippen LogP contribution < -0.4 is 0 Å². The topological polar surface area (TPSA) is 30.0 Å². The van der Waals surface area contributed by atoms with E-state index in [0.29, 0.717) is 20.1 Å². The molecule has 2 aromatic rings. The molecular formula is C12H9NOSe. The van der Waals surface area contributed by atoms with E-state index in [1.807, 2.05) is 18.2 Å². The number of allylic oxidation sites excluding steroid dienone is 1. The van der Waals surface area contributed by atoms with Crippen LogP contribution in [0.2, 0.25) is 0 Å². The summed E-state index contributed by atoms with van der Waals surface area (Å²) in [5.74, 6) is 0.00620. The molecule has 0 amide bonds. The van der Waals surface area contributed by atoms with Crippen LogP contribution in [0.25, 0.3) is 6.08 Å². The van der Waals surface area contributed by atoms with Crippen LogP contribution in [-0.4, -0.2) is 25.3 Å². The van der Waals surface area contributed by atoms with Crippen LogP contribution >= 0.6 is 0 Å². The van der Waals surface area contributed by atoms with E-state index < -0.39 is 0 Å². The van der Waals surface area contributed by atoms with Crippen molar-refractivity contribution in [3.63, 3.8) is 0 Å². The first-order chi connectivity index (χ1) is 7.36. The van der Waals surface area contributed by atoms with Crippen LogP contribution in [0.15, 0.2) is 47.7 Å². The maximum atomic E-state index is 11.6. The predicted molar refractivity (Wildman–Crippen MR) is 61.0 cm³/mol. The molecule has 0 aliphatic carbocycles. The molecule has 0 aliphatic rings. The van der Waals surface area contributed by atoms with E-state index in [1.54, 1.807) is 30.6 Å². The molecule has 0 aliphatic heterocycles. The van der Waals surface area contributed by atoms with Crippen molar-refractivity contribution >= 4 is 26.4 Å². The van der Waals surface area contributed by atoms with Gasteiger partial charge in [-0.2, -0.15) is 0 Å². The Labute approximate surface area is 94.0 Å². The van der Waals surface area contributed by atoms with E-state index in [-0.39, 0.29) is 5.78 Å². The molecule has 3 heteroatoms. The zero-order valence-corrected chi connectivity index (χ0v) is 9.67. The minimum absolute atomic E-state index is 0.00620. The Morgan fingerprint density at radius 3 is 2.93 bits per heavy atom. The number of pyridine rings is 1. The summed E-state index contributed by atoms with van der Waals surface area (Å²) in [5, 5.41) is 0. The number of nitrogens with zero attached hydrogens (tertiary/aromatic N) is 1. The number of hydrogen-bond donors (Lipinski definition) is 0. The average molecular weight is 262 g/mol. The van der Waals surface area contributed by atoms with Crippen molar-refractivity contribution in [2.24, 2.45) is 0 Å². The van der Waals surface area contributed by atoms with Crippen LogP contribution in [0.4, 0.5) is 0 Å². The molecule has 0 saturated heterocycles. The SMILES string of the molecule is O=C(C=Cc1ccc[se]1)c1cccnc1. The van der Waals surface area contributed by atoms with Crippen molar-refractivity contribution in [2.45, 2.75) is 0 Å². The zero-order valence-electron chi connectivity index (χ0n) is 7.96. The Bertz CT molecular complexity index is 460. The van der Waals surface area contributed by atoms with E-state index in [1.165, 1.54) is 4.44 Å². The van der Waals surface area contributed by atoms with Crippen molar-refractivity contribution < 1.29 is 4.79 Å². The Balaban J connectivity index is 2.11. The first kappa shape index (κ1) is 10.1. The second-order valence-electron chi connectivity index (χ2n) is 2.95. The van der Waals surface area contributed by atoms with Gasteiger partial charge in [0, 0.05) is 0 Å². The van der Waals surface area contributed by atoms with Gasteiger partial charge in [-0.1, -0.05) is 0 Å². The van der Waals surface area contributed by atoms with E-state index >= 15 is 0 Å². The fraction of sp³-hybridized carbons (Fsp3) is 0. The quantitative estimate of drug-likeness (QED) is 0.481. The number of hydrogen-bond acceptors (Lipinski definition) is 2. The molecule has 0 spiro atoms. The number of ketones is 1. The molecule has 2 aromatic heterocycles. The number of rotatable bonds is 3. The van der Waals surface area contributed by atoms with Gasteiger partial charge in [0.05, 0.1) is 0 Å². The van der Waals surface area contributed by atoms with E-state index in [9.17, 15) is 4.79 Å². The molecule has 0 saturated carbocycles. The zero-order chi connectivity index (χ0) is 10.5. The Hall–Kier alpha value is -1.44. The van der Waals surface area contributed by atoms with Crippen LogP contribution in [-0.2, 0) is 0 Å². The third-order valence-electron chi connectivity index (χ3n) is 1.89. The van der Waals surface area contributed by atoms with Crippen LogP contribution in [0, 0.1) is 0 Å². The molecule has 2 rings (SSSR count).